The molecule has 0 aliphatic rings. The second-order valence-corrected chi connectivity index (χ2v) is 6.17. The number of rotatable bonds is 8. The van der Waals surface area contributed by atoms with Gasteiger partial charge in [0.15, 0.2) is 0 Å². The third-order valence-corrected chi connectivity index (χ3v) is 4.21. The predicted octanol–water partition coefficient (Wildman–Crippen LogP) is 1.68. The summed E-state index contributed by atoms with van der Waals surface area (Å²) in [5.74, 6) is 0.305. The lowest BCUT2D eigenvalue weighted by Crippen LogP contribution is -2.25. The van der Waals surface area contributed by atoms with Crippen LogP contribution in [0.25, 0.3) is 0 Å². The summed E-state index contributed by atoms with van der Waals surface area (Å²) >= 11 is 0. The van der Waals surface area contributed by atoms with Gasteiger partial charge in [-0.3, -0.25) is 0 Å². The van der Waals surface area contributed by atoms with Crippen LogP contribution in [0.15, 0.2) is 29.2 Å². The van der Waals surface area contributed by atoms with Crippen molar-refractivity contribution in [1.82, 2.24) is 4.72 Å². The van der Waals surface area contributed by atoms with Crippen LogP contribution in [-0.4, -0.2) is 35.2 Å². The molecule has 1 aromatic carbocycles. The molecule has 1 rings (SSSR count). The van der Waals surface area contributed by atoms with Crippen molar-refractivity contribution < 1.29 is 13.2 Å². The molecule has 6 heteroatoms. The van der Waals surface area contributed by atoms with E-state index in [0.717, 1.165) is 0 Å². The second-order valence-electron chi connectivity index (χ2n) is 4.44. The summed E-state index contributed by atoms with van der Waals surface area (Å²) in [6.45, 7) is 5.46. The summed E-state index contributed by atoms with van der Waals surface area (Å²) in [5.41, 5.74) is 0.617. The Labute approximate surface area is 115 Å². The minimum atomic E-state index is -3.44. The Bertz CT molecular complexity index is 488. The van der Waals surface area contributed by atoms with Crippen LogP contribution < -0.4 is 10.0 Å². The number of sulfonamides is 1. The number of anilines is 1. The van der Waals surface area contributed by atoms with Crippen molar-refractivity contribution in [3.05, 3.63) is 24.3 Å². The van der Waals surface area contributed by atoms with Crippen LogP contribution in [0.5, 0.6) is 0 Å². The van der Waals surface area contributed by atoms with Crippen molar-refractivity contribution in [3.8, 4) is 0 Å². The van der Waals surface area contributed by atoms with E-state index in [2.05, 4.69) is 10.0 Å². The largest absolute Gasteiger partial charge is 0.384 e. The van der Waals surface area contributed by atoms with E-state index < -0.39 is 10.0 Å². The molecule has 0 saturated carbocycles. The number of para-hydroxylation sites is 1. The molecular formula is C13H22N2O3S. The number of benzene rings is 1. The van der Waals surface area contributed by atoms with Gasteiger partial charge in [-0.05, 0) is 18.1 Å². The summed E-state index contributed by atoms with van der Waals surface area (Å²) in [5, 5.41) is 3.16. The Balaban J connectivity index is 2.85. The molecule has 0 heterocycles. The summed E-state index contributed by atoms with van der Waals surface area (Å²) in [6.07, 6.45) is 0. The van der Waals surface area contributed by atoms with Crippen molar-refractivity contribution in [2.75, 3.05) is 32.1 Å². The monoisotopic (exact) mass is 286 g/mol. The molecule has 5 nitrogen and oxygen atoms in total. The molecule has 0 amide bonds. The first kappa shape index (κ1) is 15.9. The molecule has 0 radical (unpaired) electrons. The third kappa shape index (κ3) is 4.81. The quantitative estimate of drug-likeness (QED) is 0.763. The lowest BCUT2D eigenvalue weighted by atomic mass is 10.2. The van der Waals surface area contributed by atoms with E-state index in [-0.39, 0.29) is 4.90 Å². The number of hydrogen-bond donors (Lipinski definition) is 2. The number of ether oxygens (including phenoxy) is 1. The van der Waals surface area contributed by atoms with Crippen LogP contribution in [0.4, 0.5) is 5.69 Å². The summed E-state index contributed by atoms with van der Waals surface area (Å²) < 4.78 is 31.7. The fourth-order valence-corrected chi connectivity index (χ4v) is 2.97. The first-order valence-corrected chi connectivity index (χ1v) is 7.81. The molecule has 0 aliphatic heterocycles. The summed E-state index contributed by atoms with van der Waals surface area (Å²) in [4.78, 5) is 0.279. The lowest BCUT2D eigenvalue weighted by Gasteiger charge is -2.15. The Hall–Kier alpha value is -1.11. The average molecular weight is 286 g/mol. The molecule has 0 bridgehead atoms. The van der Waals surface area contributed by atoms with Crippen molar-refractivity contribution in [3.63, 3.8) is 0 Å². The third-order valence-electron chi connectivity index (χ3n) is 2.60. The molecule has 19 heavy (non-hydrogen) atoms. The average Bonchev–Trinajstić information content (AvgIpc) is 2.37. The predicted molar refractivity (Wildman–Crippen MR) is 76.8 cm³/mol. The molecule has 0 aliphatic carbocycles. The Morgan fingerprint density at radius 1 is 1.32 bits per heavy atom. The molecule has 108 valence electrons. The zero-order valence-corrected chi connectivity index (χ0v) is 12.5. The smallest absolute Gasteiger partial charge is 0.242 e. The molecule has 2 N–H and O–H groups in total. The highest BCUT2D eigenvalue weighted by atomic mass is 32.2. The van der Waals surface area contributed by atoms with E-state index in [0.29, 0.717) is 31.3 Å². The van der Waals surface area contributed by atoms with Gasteiger partial charge in [-0.15, -0.1) is 0 Å². The molecule has 1 aromatic rings. The van der Waals surface area contributed by atoms with Gasteiger partial charge in [0.1, 0.15) is 4.90 Å². The van der Waals surface area contributed by atoms with E-state index in [9.17, 15) is 8.42 Å². The number of methoxy groups -OCH3 is 1. The van der Waals surface area contributed by atoms with Crippen LogP contribution in [0.2, 0.25) is 0 Å². The highest BCUT2D eigenvalue weighted by Gasteiger charge is 2.17. The number of nitrogens with one attached hydrogen (secondary N) is 2. The number of hydrogen-bond acceptors (Lipinski definition) is 4. The van der Waals surface area contributed by atoms with E-state index in [4.69, 9.17) is 4.74 Å². The van der Waals surface area contributed by atoms with Gasteiger partial charge in [0, 0.05) is 20.2 Å². The molecule has 1 atom stereocenters. The Morgan fingerprint density at radius 2 is 2.00 bits per heavy atom. The summed E-state index contributed by atoms with van der Waals surface area (Å²) in [6, 6.07) is 6.90. The van der Waals surface area contributed by atoms with E-state index in [1.165, 1.54) is 0 Å². The maximum Gasteiger partial charge on any atom is 0.242 e. The van der Waals surface area contributed by atoms with E-state index >= 15 is 0 Å². The molecule has 0 aromatic heterocycles. The minimum absolute atomic E-state index is 0.279. The molecule has 1 unspecified atom stereocenters. The molecule has 0 fully saturated rings. The van der Waals surface area contributed by atoms with Gasteiger partial charge in [-0.25, -0.2) is 13.1 Å². The van der Waals surface area contributed by atoms with Gasteiger partial charge in [-0.2, -0.15) is 0 Å². The molecular weight excluding hydrogens is 264 g/mol. The maximum atomic E-state index is 12.0. The van der Waals surface area contributed by atoms with Crippen molar-refractivity contribution in [2.45, 2.75) is 18.7 Å². The SMILES string of the molecule is CCNS(=O)(=O)c1ccccc1NCC(C)COC. The molecule has 0 saturated heterocycles. The van der Waals surface area contributed by atoms with Gasteiger partial charge in [0.05, 0.1) is 12.3 Å². The topological polar surface area (TPSA) is 67.4 Å². The standard InChI is InChI=1S/C13H22N2O3S/c1-4-15-19(16,17)13-8-6-5-7-12(13)14-9-11(2)10-18-3/h5-8,11,14-15H,4,9-10H2,1-3H3. The first-order valence-electron chi connectivity index (χ1n) is 6.32. The van der Waals surface area contributed by atoms with Crippen LogP contribution in [0.1, 0.15) is 13.8 Å². The zero-order chi connectivity index (χ0) is 14.3. The Morgan fingerprint density at radius 3 is 2.63 bits per heavy atom. The normalized spacial score (nSPS) is 13.2. The van der Waals surface area contributed by atoms with Crippen LogP contribution >= 0.6 is 0 Å². The second kappa shape index (κ2) is 7.47. The maximum absolute atomic E-state index is 12.0. The first-order chi connectivity index (χ1) is 9.01. The van der Waals surface area contributed by atoms with E-state index in [1.54, 1.807) is 32.2 Å². The van der Waals surface area contributed by atoms with Crippen molar-refractivity contribution >= 4 is 15.7 Å². The van der Waals surface area contributed by atoms with E-state index in [1.807, 2.05) is 13.0 Å². The van der Waals surface area contributed by atoms with Crippen molar-refractivity contribution in [2.24, 2.45) is 5.92 Å². The van der Waals surface area contributed by atoms with Crippen LogP contribution in [0.3, 0.4) is 0 Å². The highest BCUT2D eigenvalue weighted by molar-refractivity contribution is 7.89. The van der Waals surface area contributed by atoms with Crippen molar-refractivity contribution in [1.29, 1.82) is 0 Å². The van der Waals surface area contributed by atoms with Gasteiger partial charge < -0.3 is 10.1 Å². The fourth-order valence-electron chi connectivity index (χ4n) is 1.74. The Kier molecular flexibility index (Phi) is 6.27. The fraction of sp³-hybridized carbons (Fsp3) is 0.538. The van der Waals surface area contributed by atoms with Gasteiger partial charge in [0.25, 0.3) is 0 Å². The highest BCUT2D eigenvalue weighted by Crippen LogP contribution is 2.20. The minimum Gasteiger partial charge on any atom is -0.384 e. The van der Waals surface area contributed by atoms with Crippen LogP contribution in [0, 0.1) is 5.92 Å². The molecule has 0 spiro atoms. The zero-order valence-electron chi connectivity index (χ0n) is 11.6. The van der Waals surface area contributed by atoms with Gasteiger partial charge in [0.2, 0.25) is 10.0 Å². The van der Waals surface area contributed by atoms with Crippen LogP contribution in [-0.2, 0) is 14.8 Å². The lowest BCUT2D eigenvalue weighted by molar-refractivity contribution is 0.164. The van der Waals surface area contributed by atoms with Gasteiger partial charge in [-0.1, -0.05) is 26.0 Å². The summed E-state index contributed by atoms with van der Waals surface area (Å²) in [7, 11) is -1.79. The van der Waals surface area contributed by atoms with Gasteiger partial charge >= 0.3 is 0 Å².